The maximum absolute atomic E-state index is 13.9. The summed E-state index contributed by atoms with van der Waals surface area (Å²) in [4.78, 5) is 97.7. The van der Waals surface area contributed by atoms with E-state index in [2.05, 4.69) is 87.4 Å². The second-order valence-corrected chi connectivity index (χ2v) is 28.0. The van der Waals surface area contributed by atoms with Gasteiger partial charge in [0.05, 0.1) is 50.1 Å². The van der Waals surface area contributed by atoms with Crippen LogP contribution in [-0.2, 0) is 0 Å². The van der Waals surface area contributed by atoms with Crippen LogP contribution in [-0.4, -0.2) is 174 Å². The zero-order valence-corrected chi connectivity index (χ0v) is 61.3. The molecule has 0 aromatic carbocycles. The Hall–Kier alpha value is -12.5. The Morgan fingerprint density at radius 2 is 0.712 bits per heavy atom. The molecule has 0 spiro atoms. The van der Waals surface area contributed by atoms with Crippen LogP contribution in [0, 0.1) is 5.82 Å². The van der Waals surface area contributed by atoms with Gasteiger partial charge in [0, 0.05) is 150 Å². The molecule has 111 heavy (non-hydrogen) atoms. The van der Waals surface area contributed by atoms with Crippen LogP contribution < -0.4 is 58.1 Å². The van der Waals surface area contributed by atoms with Gasteiger partial charge in [-0.15, -0.1) is 0 Å². The first-order valence-electron chi connectivity index (χ1n) is 37.1. The lowest BCUT2D eigenvalue weighted by molar-refractivity contribution is 0.360. The first-order valence-corrected chi connectivity index (χ1v) is 37.5. The summed E-state index contributed by atoms with van der Waals surface area (Å²) < 4.78 is 43.2. The van der Waals surface area contributed by atoms with E-state index in [1.807, 2.05) is 143 Å². The van der Waals surface area contributed by atoms with E-state index >= 15 is 0 Å². The number of fused-ring (bicyclic) bond motifs is 8. The average molecular weight is 1510 g/mol. The van der Waals surface area contributed by atoms with Gasteiger partial charge in [0.15, 0.2) is 17.1 Å². The minimum absolute atomic E-state index is 0.167. The molecule has 16 aromatic rings. The lowest BCUT2D eigenvalue weighted by atomic mass is 10.2. The van der Waals surface area contributed by atoms with Crippen molar-refractivity contribution in [2.24, 2.45) is 0 Å². The van der Waals surface area contributed by atoms with Gasteiger partial charge in [-0.25, -0.2) is 43.5 Å². The molecule has 4 fully saturated rings. The van der Waals surface area contributed by atoms with Crippen LogP contribution in [0.15, 0.2) is 220 Å². The van der Waals surface area contributed by atoms with Gasteiger partial charge in [0.25, 0.3) is 0 Å². The van der Waals surface area contributed by atoms with Gasteiger partial charge in [0.2, 0.25) is 22.9 Å². The number of anilines is 4. The van der Waals surface area contributed by atoms with Crippen LogP contribution >= 0.6 is 11.6 Å². The minimum Gasteiger partial charge on any atom is -0.403 e. The molecule has 30 heteroatoms. The molecule has 20 rings (SSSR count). The highest BCUT2D eigenvalue weighted by Crippen LogP contribution is 2.30. The van der Waals surface area contributed by atoms with Crippen LogP contribution in [0.25, 0.3) is 112 Å². The number of hydrogen-bond acceptors (Lipinski definition) is 24. The molecule has 4 aliphatic rings. The van der Waals surface area contributed by atoms with E-state index in [-0.39, 0.29) is 11.2 Å². The maximum atomic E-state index is 13.9. The normalized spacial score (nSPS) is 15.5. The third kappa shape index (κ3) is 15.5. The highest BCUT2D eigenvalue weighted by atomic mass is 35.5. The summed E-state index contributed by atoms with van der Waals surface area (Å²) in [6.45, 7) is 15.1. The zero-order valence-electron chi connectivity index (χ0n) is 60.6. The molecule has 0 aliphatic carbocycles. The largest absolute Gasteiger partial charge is 0.403 e. The first kappa shape index (κ1) is 71.4. The molecular formula is C81H76ClFN20O8. The van der Waals surface area contributed by atoms with Crippen molar-refractivity contribution < 1.29 is 22.1 Å². The van der Waals surface area contributed by atoms with Crippen molar-refractivity contribution in [1.82, 2.24) is 78.3 Å². The topological polar surface area (TPSA) is 294 Å². The van der Waals surface area contributed by atoms with Crippen molar-refractivity contribution in [1.29, 1.82) is 0 Å². The zero-order chi connectivity index (χ0) is 75.5. The van der Waals surface area contributed by atoms with E-state index in [9.17, 15) is 23.6 Å². The minimum atomic E-state index is -0.543. The molecule has 0 unspecified atom stereocenters. The van der Waals surface area contributed by atoms with Crippen molar-refractivity contribution in [2.75, 3.05) is 131 Å². The number of halogens is 2. The average Bonchev–Trinajstić information content (AvgIpc) is 1.74. The molecule has 0 atom stereocenters. The summed E-state index contributed by atoms with van der Waals surface area (Å²) in [5.41, 5.74) is 5.49. The number of aromatic nitrogens is 12. The molecule has 20 heterocycles. The van der Waals surface area contributed by atoms with Crippen LogP contribution in [0.1, 0.15) is 25.7 Å². The third-order valence-corrected chi connectivity index (χ3v) is 20.4. The highest BCUT2D eigenvalue weighted by Gasteiger charge is 2.23. The van der Waals surface area contributed by atoms with E-state index in [4.69, 9.17) is 29.3 Å². The summed E-state index contributed by atoms with van der Waals surface area (Å²) in [7, 11) is 2.14. The van der Waals surface area contributed by atoms with Gasteiger partial charge < -0.3 is 75.7 Å². The molecule has 16 aromatic heterocycles. The SMILES string of the molecule is CN1CCCN(c2ccc3cc(-c4cn5ccccc5n4)c(=O)oc3n2)CC1.O=c1oc2nc(N3CCCNCC3)ccc2cc1-c1cn2cccc(Cl)c2n1.O=c1oc2nc(N3CCCNCC3)ccc2cc1-c1cn2cccc(F)c2n1.O=c1oc2nc(N3CCCNCC3)ccc2cc1-c1cn2ccccc2n1. The molecule has 0 saturated carbocycles. The van der Waals surface area contributed by atoms with Gasteiger partial charge in [-0.3, -0.25) is 0 Å². The lowest BCUT2D eigenvalue weighted by Gasteiger charge is -2.21. The molecule has 0 amide bonds. The second-order valence-electron chi connectivity index (χ2n) is 27.6. The Morgan fingerprint density at radius 3 is 1.12 bits per heavy atom. The number of imidazole rings is 4. The molecule has 0 bridgehead atoms. The molecular weight excluding hydrogens is 1440 g/mol. The van der Waals surface area contributed by atoms with Gasteiger partial charge in [-0.1, -0.05) is 23.7 Å². The van der Waals surface area contributed by atoms with Crippen molar-refractivity contribution in [3.05, 3.63) is 236 Å². The van der Waals surface area contributed by atoms with Gasteiger partial charge in [0.1, 0.15) is 34.6 Å². The Labute approximate surface area is 636 Å². The predicted molar refractivity (Wildman–Crippen MR) is 426 cm³/mol. The van der Waals surface area contributed by atoms with Crippen molar-refractivity contribution in [3.63, 3.8) is 0 Å². The maximum Gasteiger partial charge on any atom is 0.347 e. The number of pyridine rings is 8. The fourth-order valence-corrected chi connectivity index (χ4v) is 14.4. The summed E-state index contributed by atoms with van der Waals surface area (Å²) in [5.74, 6) is 2.87. The van der Waals surface area contributed by atoms with Gasteiger partial charge in [-0.05, 0) is 180 Å². The Morgan fingerprint density at radius 1 is 0.351 bits per heavy atom. The number of hydrogen-bond donors (Lipinski definition) is 3. The molecule has 0 radical (unpaired) electrons. The smallest absolute Gasteiger partial charge is 0.347 e. The lowest BCUT2D eigenvalue weighted by Crippen LogP contribution is -2.29. The van der Waals surface area contributed by atoms with Crippen LogP contribution in [0.5, 0.6) is 0 Å². The number of nitrogens with zero attached hydrogens (tertiary/aromatic N) is 17. The number of rotatable bonds is 8. The summed E-state index contributed by atoms with van der Waals surface area (Å²) in [6, 6.07) is 40.7. The van der Waals surface area contributed by atoms with Crippen LogP contribution in [0.2, 0.25) is 5.02 Å². The Kier molecular flexibility index (Phi) is 20.3. The molecule has 562 valence electrons. The van der Waals surface area contributed by atoms with Gasteiger partial charge >= 0.3 is 22.5 Å². The molecule has 4 saturated heterocycles. The van der Waals surface area contributed by atoms with E-state index in [0.717, 1.165) is 181 Å². The van der Waals surface area contributed by atoms with E-state index in [1.165, 1.54) is 6.07 Å². The summed E-state index contributed by atoms with van der Waals surface area (Å²) in [5, 5.41) is 13.7. The van der Waals surface area contributed by atoms with E-state index in [0.29, 0.717) is 78.4 Å². The van der Waals surface area contributed by atoms with Crippen molar-refractivity contribution in [3.8, 4) is 45.0 Å². The molecule has 28 nitrogen and oxygen atoms in total. The Balaban J connectivity index is 0.000000108. The Bertz CT molecular complexity index is 6110. The van der Waals surface area contributed by atoms with Crippen LogP contribution in [0.4, 0.5) is 27.7 Å². The molecule has 4 aliphatic heterocycles. The molecule has 3 N–H and O–H groups in total. The summed E-state index contributed by atoms with van der Waals surface area (Å²) in [6.07, 6.45) is 18.6. The summed E-state index contributed by atoms with van der Waals surface area (Å²) >= 11 is 6.19. The number of nitrogens with one attached hydrogen (secondary N) is 3. The van der Waals surface area contributed by atoms with E-state index in [1.54, 1.807) is 51.7 Å². The van der Waals surface area contributed by atoms with Gasteiger partial charge in [-0.2, -0.15) is 19.9 Å². The second kappa shape index (κ2) is 31.6. The van der Waals surface area contributed by atoms with Crippen molar-refractivity contribution >= 4 is 102 Å². The first-order chi connectivity index (χ1) is 54.3. The standard InChI is InChI=1S/C21H21N5O2.C20H18ClN5O2.C20H18FN5O2.C20H19N5O2/c1-24-8-4-10-25(12-11-24)19-7-6-15-13-16(21(27)28-20(15)23-19)17-14-26-9-3-2-5-18(26)22-17;2*21-15-3-1-8-26-12-16(23-18(15)26)14-11-13-4-5-17(24-19(13)28-20(14)27)25-9-2-6-22-7-10-25;26-20-15(16-13-25-9-2-1-4-17(25)22-16)12-14-5-6-18(23-19(14)27-20)24-10-3-7-21-8-11-24/h2-3,5-7,9,13-14H,4,8,10-12H2,1H3;2*1,3-5,8,11-12,22H,2,6-7,9-10H2;1-2,4-6,9,12-13,21H,3,7-8,10-11H2. The third-order valence-electron chi connectivity index (χ3n) is 20.1. The monoisotopic (exact) mass is 1510 g/mol. The fourth-order valence-electron chi connectivity index (χ4n) is 14.2. The fraction of sp³-hybridized carbons (Fsp3) is 0.259. The quantitative estimate of drug-likeness (QED) is 0.127. The van der Waals surface area contributed by atoms with E-state index < -0.39 is 28.3 Å². The number of likely N-dealkylation sites (N-methyl/N-ethyl adjacent to an activating group) is 1. The van der Waals surface area contributed by atoms with Crippen LogP contribution in [0.3, 0.4) is 0 Å². The predicted octanol–water partition coefficient (Wildman–Crippen LogP) is 10.3. The van der Waals surface area contributed by atoms with Crippen molar-refractivity contribution in [2.45, 2.75) is 25.7 Å². The highest BCUT2D eigenvalue weighted by molar-refractivity contribution is 6.33.